The second-order valence-electron chi connectivity index (χ2n) is 4.51. The third-order valence-corrected chi connectivity index (χ3v) is 4.00. The molecule has 1 aromatic rings. The summed E-state index contributed by atoms with van der Waals surface area (Å²) >= 11 is 3.60. The number of benzene rings is 1. The van der Waals surface area contributed by atoms with Crippen LogP contribution in [0.4, 0.5) is 0 Å². The van der Waals surface area contributed by atoms with Crippen LogP contribution in [0.3, 0.4) is 0 Å². The number of nitrogens with one attached hydrogen (secondary N) is 1. The zero-order chi connectivity index (χ0) is 12.3. The van der Waals surface area contributed by atoms with Gasteiger partial charge in [0.1, 0.15) is 6.61 Å². The first-order valence-electron chi connectivity index (χ1n) is 5.96. The Balaban J connectivity index is 1.78. The first-order valence-corrected chi connectivity index (χ1v) is 6.87. The molecule has 2 rings (SSSR count). The van der Waals surface area contributed by atoms with Gasteiger partial charge < -0.3 is 10.1 Å². The number of halogens is 1. The van der Waals surface area contributed by atoms with Crippen LogP contribution in [0.15, 0.2) is 42.3 Å². The van der Waals surface area contributed by atoms with Gasteiger partial charge in [0, 0.05) is 4.83 Å². The van der Waals surface area contributed by atoms with E-state index in [-0.39, 0.29) is 0 Å². The molecule has 0 spiro atoms. The van der Waals surface area contributed by atoms with Crippen LogP contribution < -0.4 is 5.32 Å². The van der Waals surface area contributed by atoms with Crippen molar-refractivity contribution in [1.29, 1.82) is 0 Å². The molecule has 17 heavy (non-hydrogen) atoms. The van der Waals surface area contributed by atoms with Gasteiger partial charge in [-0.1, -0.05) is 60.1 Å². The van der Waals surface area contributed by atoms with Gasteiger partial charge in [0.2, 0.25) is 0 Å². The van der Waals surface area contributed by atoms with Crippen LogP contribution in [0.2, 0.25) is 0 Å². The van der Waals surface area contributed by atoms with E-state index in [0.717, 1.165) is 5.88 Å². The normalized spacial score (nSPS) is 21.8. The first kappa shape index (κ1) is 12.5. The summed E-state index contributed by atoms with van der Waals surface area (Å²) < 4.78 is 5.66. The topological polar surface area (TPSA) is 21.3 Å². The Bertz CT molecular complexity index is 388. The maximum Gasteiger partial charge on any atom is 0.185 e. The molecular weight excluding hydrogens is 278 g/mol. The first-order chi connectivity index (χ1) is 8.16. The fourth-order valence-corrected chi connectivity index (χ4v) is 2.04. The number of hydrogen-bond acceptors (Lipinski definition) is 2. The van der Waals surface area contributed by atoms with Crippen molar-refractivity contribution >= 4 is 15.9 Å². The van der Waals surface area contributed by atoms with Crippen LogP contribution in [0.5, 0.6) is 0 Å². The average molecular weight is 296 g/mol. The number of alkyl halides is 1. The van der Waals surface area contributed by atoms with Crippen molar-refractivity contribution in [1.82, 2.24) is 5.32 Å². The van der Waals surface area contributed by atoms with Crippen LogP contribution >= 0.6 is 15.9 Å². The Labute approximate surface area is 111 Å². The molecule has 0 saturated carbocycles. The van der Waals surface area contributed by atoms with E-state index in [1.54, 1.807) is 0 Å². The summed E-state index contributed by atoms with van der Waals surface area (Å²) in [5, 5.41) is 3.34. The highest BCUT2D eigenvalue weighted by Gasteiger charge is 2.27. The van der Waals surface area contributed by atoms with Gasteiger partial charge in [-0.3, -0.25) is 0 Å². The molecule has 1 heterocycles. The lowest BCUT2D eigenvalue weighted by Gasteiger charge is -2.33. The van der Waals surface area contributed by atoms with Gasteiger partial charge in [-0.05, 0) is 17.6 Å². The van der Waals surface area contributed by atoms with Crippen molar-refractivity contribution in [2.75, 3.05) is 0 Å². The van der Waals surface area contributed by atoms with E-state index in [1.807, 2.05) is 18.2 Å². The predicted octanol–water partition coefficient (Wildman–Crippen LogP) is 3.44. The monoisotopic (exact) mass is 295 g/mol. The van der Waals surface area contributed by atoms with Crippen molar-refractivity contribution in [2.45, 2.75) is 31.3 Å². The molecular formula is C14H18BrNO. The molecule has 0 fully saturated rings. The van der Waals surface area contributed by atoms with E-state index in [2.05, 4.69) is 53.3 Å². The van der Waals surface area contributed by atoms with Crippen molar-refractivity contribution in [3.8, 4) is 0 Å². The molecule has 1 unspecified atom stereocenters. The van der Waals surface area contributed by atoms with Crippen LogP contribution in [-0.2, 0) is 11.3 Å². The molecule has 1 aliphatic heterocycles. The van der Waals surface area contributed by atoms with Crippen LogP contribution in [-0.4, -0.2) is 10.9 Å². The second kappa shape index (κ2) is 5.58. The minimum Gasteiger partial charge on any atom is -0.475 e. The van der Waals surface area contributed by atoms with E-state index < -0.39 is 0 Å². The van der Waals surface area contributed by atoms with Gasteiger partial charge in [-0.15, -0.1) is 0 Å². The molecule has 0 radical (unpaired) electrons. The molecule has 3 atom stereocenters. The minimum absolute atomic E-state index is 0.426. The summed E-state index contributed by atoms with van der Waals surface area (Å²) in [5.74, 6) is 1.47. The minimum atomic E-state index is 0.426. The fourth-order valence-electron chi connectivity index (χ4n) is 1.71. The standard InChI is InChI=1S/C14H18BrNO/c1-10(11(2)15)13-8-14(16-13)17-9-12-6-4-3-5-7-12/h3-8,10-11,13,16H,9H2,1-2H3/t10-,11-,13?/m1/s1. The Morgan fingerprint density at radius 2 is 1.94 bits per heavy atom. The maximum atomic E-state index is 5.66. The Kier molecular flexibility index (Phi) is 4.11. The summed E-state index contributed by atoms with van der Waals surface area (Å²) in [6.45, 7) is 5.02. The molecule has 0 amide bonds. The second-order valence-corrected chi connectivity index (χ2v) is 5.96. The summed E-state index contributed by atoms with van der Waals surface area (Å²) in [5.41, 5.74) is 1.19. The Hall–Kier alpha value is -0.960. The van der Waals surface area contributed by atoms with Crippen molar-refractivity contribution < 1.29 is 4.74 Å². The van der Waals surface area contributed by atoms with E-state index >= 15 is 0 Å². The third kappa shape index (κ3) is 3.25. The summed E-state index contributed by atoms with van der Waals surface area (Å²) in [4.78, 5) is 0.506. The van der Waals surface area contributed by atoms with Gasteiger partial charge in [0.05, 0.1) is 6.04 Å². The van der Waals surface area contributed by atoms with Gasteiger partial charge in [-0.2, -0.15) is 0 Å². The third-order valence-electron chi connectivity index (χ3n) is 3.17. The van der Waals surface area contributed by atoms with E-state index in [4.69, 9.17) is 4.74 Å². The maximum absolute atomic E-state index is 5.66. The molecule has 3 heteroatoms. The Morgan fingerprint density at radius 1 is 1.29 bits per heavy atom. The zero-order valence-corrected chi connectivity index (χ0v) is 11.8. The SMILES string of the molecule is C[C@@H](Br)[C@@H](C)C1C=C(OCc2ccccc2)N1. The summed E-state index contributed by atoms with van der Waals surface area (Å²) in [7, 11) is 0. The van der Waals surface area contributed by atoms with E-state index in [9.17, 15) is 0 Å². The lowest BCUT2D eigenvalue weighted by molar-refractivity contribution is 0.145. The molecule has 1 aromatic carbocycles. The lowest BCUT2D eigenvalue weighted by Crippen LogP contribution is -2.44. The lowest BCUT2D eigenvalue weighted by atomic mass is 9.95. The quantitative estimate of drug-likeness (QED) is 0.840. The smallest absolute Gasteiger partial charge is 0.185 e. The molecule has 0 saturated heterocycles. The van der Waals surface area contributed by atoms with Crippen molar-refractivity contribution in [2.24, 2.45) is 5.92 Å². The summed E-state index contributed by atoms with van der Waals surface area (Å²) in [6, 6.07) is 10.6. The highest BCUT2D eigenvalue weighted by molar-refractivity contribution is 9.09. The highest BCUT2D eigenvalue weighted by atomic mass is 79.9. The van der Waals surface area contributed by atoms with Crippen molar-refractivity contribution in [3.05, 3.63) is 47.9 Å². The van der Waals surface area contributed by atoms with Gasteiger partial charge in [0.15, 0.2) is 5.88 Å². The molecule has 2 nitrogen and oxygen atoms in total. The Morgan fingerprint density at radius 3 is 2.53 bits per heavy atom. The van der Waals surface area contributed by atoms with E-state index in [0.29, 0.717) is 23.4 Å². The molecule has 1 N–H and O–H groups in total. The fraction of sp³-hybridized carbons (Fsp3) is 0.429. The largest absolute Gasteiger partial charge is 0.475 e. The van der Waals surface area contributed by atoms with Crippen LogP contribution in [0, 0.1) is 5.92 Å². The number of hydrogen-bond donors (Lipinski definition) is 1. The predicted molar refractivity (Wildman–Crippen MR) is 73.8 cm³/mol. The van der Waals surface area contributed by atoms with Gasteiger partial charge in [-0.25, -0.2) is 0 Å². The zero-order valence-electron chi connectivity index (χ0n) is 10.2. The van der Waals surface area contributed by atoms with Crippen LogP contribution in [0.25, 0.3) is 0 Å². The van der Waals surface area contributed by atoms with Gasteiger partial charge in [0.25, 0.3) is 0 Å². The van der Waals surface area contributed by atoms with Crippen LogP contribution in [0.1, 0.15) is 19.4 Å². The van der Waals surface area contributed by atoms with Gasteiger partial charge >= 0.3 is 0 Å². The summed E-state index contributed by atoms with van der Waals surface area (Å²) in [6.07, 6.45) is 2.16. The highest BCUT2D eigenvalue weighted by Crippen LogP contribution is 2.23. The number of ether oxygens (including phenoxy) is 1. The molecule has 92 valence electrons. The molecule has 0 aliphatic carbocycles. The molecule has 1 aliphatic rings. The number of rotatable bonds is 5. The molecule has 0 bridgehead atoms. The molecule has 0 aromatic heterocycles. The van der Waals surface area contributed by atoms with Crippen molar-refractivity contribution in [3.63, 3.8) is 0 Å². The average Bonchev–Trinajstić information content (AvgIpc) is 2.28. The van der Waals surface area contributed by atoms with E-state index in [1.165, 1.54) is 5.56 Å².